The Kier molecular flexibility index (Phi) is 4.49. The summed E-state index contributed by atoms with van der Waals surface area (Å²) in [5, 5.41) is 9.27. The number of aryl methyl sites for hydroxylation is 1. The van der Waals surface area contributed by atoms with Gasteiger partial charge in [0.1, 0.15) is 12.1 Å². The molecule has 0 amide bonds. The first-order valence-electron chi connectivity index (χ1n) is 5.33. The van der Waals surface area contributed by atoms with E-state index in [0.717, 1.165) is 24.4 Å². The number of aliphatic hydroxyl groups is 1. The van der Waals surface area contributed by atoms with Crippen LogP contribution >= 0.6 is 0 Å². The fraction of sp³-hybridized carbons (Fsp3) is 0.636. The second-order valence-corrected chi connectivity index (χ2v) is 3.85. The van der Waals surface area contributed by atoms with E-state index in [-0.39, 0.29) is 6.10 Å². The van der Waals surface area contributed by atoms with E-state index in [1.54, 1.807) is 13.3 Å². The zero-order valence-electron chi connectivity index (χ0n) is 9.64. The molecule has 1 aromatic rings. The molecule has 0 aliphatic heterocycles. The van der Waals surface area contributed by atoms with E-state index >= 15 is 0 Å². The number of likely N-dealkylation sites (N-methyl/N-ethyl adjacent to an activating group) is 1. The van der Waals surface area contributed by atoms with Gasteiger partial charge in [-0.15, -0.1) is 0 Å². The summed E-state index contributed by atoms with van der Waals surface area (Å²) in [5.74, 6) is 0.870. The van der Waals surface area contributed by atoms with E-state index in [4.69, 9.17) is 0 Å². The first-order valence-corrected chi connectivity index (χ1v) is 5.33. The van der Waals surface area contributed by atoms with Gasteiger partial charge in [-0.2, -0.15) is 0 Å². The topological polar surface area (TPSA) is 49.2 Å². The lowest BCUT2D eigenvalue weighted by atomic mass is 10.2. The number of nitrogens with zero attached hydrogens (tertiary/aromatic N) is 3. The van der Waals surface area contributed by atoms with Crippen molar-refractivity contribution in [2.75, 3.05) is 18.5 Å². The van der Waals surface area contributed by atoms with Crippen molar-refractivity contribution >= 4 is 5.82 Å². The molecule has 0 aromatic carbocycles. The predicted molar refractivity (Wildman–Crippen MR) is 61.0 cm³/mol. The van der Waals surface area contributed by atoms with E-state index in [1.807, 2.05) is 18.0 Å². The van der Waals surface area contributed by atoms with Gasteiger partial charge in [0.05, 0.1) is 6.10 Å². The highest BCUT2D eigenvalue weighted by atomic mass is 16.3. The molecule has 84 valence electrons. The normalized spacial score (nSPS) is 12.5. The summed E-state index contributed by atoms with van der Waals surface area (Å²) < 4.78 is 0. The van der Waals surface area contributed by atoms with Gasteiger partial charge in [0, 0.05) is 25.4 Å². The van der Waals surface area contributed by atoms with Gasteiger partial charge < -0.3 is 10.0 Å². The number of rotatable bonds is 5. The van der Waals surface area contributed by atoms with Gasteiger partial charge in [0.2, 0.25) is 0 Å². The van der Waals surface area contributed by atoms with Crippen LogP contribution in [0.1, 0.15) is 26.0 Å². The second-order valence-electron chi connectivity index (χ2n) is 3.85. The van der Waals surface area contributed by atoms with Gasteiger partial charge in [-0.25, -0.2) is 9.97 Å². The minimum atomic E-state index is -0.348. The number of hydrogen-bond donors (Lipinski definition) is 1. The molecule has 1 unspecified atom stereocenters. The summed E-state index contributed by atoms with van der Waals surface area (Å²) in [7, 11) is 1.92. The summed E-state index contributed by atoms with van der Waals surface area (Å²) >= 11 is 0. The molecule has 0 saturated heterocycles. The Bertz CT molecular complexity index is 302. The fourth-order valence-corrected chi connectivity index (χ4v) is 1.48. The van der Waals surface area contributed by atoms with Gasteiger partial charge in [0.25, 0.3) is 0 Å². The Morgan fingerprint density at radius 1 is 1.47 bits per heavy atom. The standard InChI is InChI=1S/C11H19N3O/c1-4-5-10-6-11(13-8-12-10)14(3)7-9(2)15/h6,8-9,15H,4-5,7H2,1-3H3. The quantitative estimate of drug-likeness (QED) is 0.793. The first-order chi connectivity index (χ1) is 7.13. The summed E-state index contributed by atoms with van der Waals surface area (Å²) in [5.41, 5.74) is 1.06. The van der Waals surface area contributed by atoms with E-state index < -0.39 is 0 Å². The third-order valence-corrected chi connectivity index (χ3v) is 2.14. The molecule has 1 heterocycles. The van der Waals surface area contributed by atoms with Gasteiger partial charge in [-0.3, -0.25) is 0 Å². The molecule has 0 spiro atoms. The van der Waals surface area contributed by atoms with Crippen molar-refractivity contribution in [2.45, 2.75) is 32.8 Å². The Hall–Kier alpha value is -1.16. The Morgan fingerprint density at radius 2 is 2.20 bits per heavy atom. The predicted octanol–water partition coefficient (Wildman–Crippen LogP) is 1.25. The highest BCUT2D eigenvalue weighted by Crippen LogP contribution is 2.10. The SMILES string of the molecule is CCCc1cc(N(C)CC(C)O)ncn1. The van der Waals surface area contributed by atoms with Crippen LogP contribution in [-0.4, -0.2) is 34.8 Å². The van der Waals surface area contributed by atoms with Gasteiger partial charge in [0.15, 0.2) is 0 Å². The minimum absolute atomic E-state index is 0.348. The highest BCUT2D eigenvalue weighted by Gasteiger charge is 2.06. The lowest BCUT2D eigenvalue weighted by Gasteiger charge is -2.19. The maximum absolute atomic E-state index is 9.27. The van der Waals surface area contributed by atoms with Crippen molar-refractivity contribution < 1.29 is 5.11 Å². The van der Waals surface area contributed by atoms with E-state index in [9.17, 15) is 5.11 Å². The number of aliphatic hydroxyl groups excluding tert-OH is 1. The summed E-state index contributed by atoms with van der Waals surface area (Å²) in [6, 6.07) is 1.98. The van der Waals surface area contributed by atoms with Crippen LogP contribution in [0.3, 0.4) is 0 Å². The Morgan fingerprint density at radius 3 is 2.80 bits per heavy atom. The number of aromatic nitrogens is 2. The number of hydrogen-bond acceptors (Lipinski definition) is 4. The first kappa shape index (κ1) is 11.9. The molecule has 15 heavy (non-hydrogen) atoms. The molecule has 0 saturated carbocycles. The Labute approximate surface area is 91.0 Å². The van der Waals surface area contributed by atoms with Crippen LogP contribution in [0.25, 0.3) is 0 Å². The maximum atomic E-state index is 9.27. The zero-order chi connectivity index (χ0) is 11.3. The molecular formula is C11H19N3O. The fourth-order valence-electron chi connectivity index (χ4n) is 1.48. The van der Waals surface area contributed by atoms with Crippen LogP contribution in [0.2, 0.25) is 0 Å². The average Bonchev–Trinajstić information content (AvgIpc) is 2.17. The third kappa shape index (κ3) is 3.83. The molecule has 0 bridgehead atoms. The van der Waals surface area contributed by atoms with Crippen molar-refractivity contribution in [1.29, 1.82) is 0 Å². The van der Waals surface area contributed by atoms with Crippen LogP contribution in [0, 0.1) is 0 Å². The molecule has 1 rings (SSSR count). The van der Waals surface area contributed by atoms with Crippen LogP contribution in [-0.2, 0) is 6.42 Å². The third-order valence-electron chi connectivity index (χ3n) is 2.14. The van der Waals surface area contributed by atoms with Crippen molar-refractivity contribution in [2.24, 2.45) is 0 Å². The molecule has 0 aliphatic rings. The zero-order valence-corrected chi connectivity index (χ0v) is 9.64. The van der Waals surface area contributed by atoms with Crippen LogP contribution < -0.4 is 4.90 Å². The molecule has 4 nitrogen and oxygen atoms in total. The molecule has 1 atom stereocenters. The second kappa shape index (κ2) is 5.66. The largest absolute Gasteiger partial charge is 0.392 e. The lowest BCUT2D eigenvalue weighted by molar-refractivity contribution is 0.201. The average molecular weight is 209 g/mol. The summed E-state index contributed by atoms with van der Waals surface area (Å²) in [4.78, 5) is 10.3. The lowest BCUT2D eigenvalue weighted by Crippen LogP contribution is -2.27. The molecule has 0 radical (unpaired) electrons. The number of anilines is 1. The molecule has 0 aliphatic carbocycles. The van der Waals surface area contributed by atoms with E-state index in [2.05, 4.69) is 16.9 Å². The van der Waals surface area contributed by atoms with E-state index in [0.29, 0.717) is 6.54 Å². The van der Waals surface area contributed by atoms with Gasteiger partial charge >= 0.3 is 0 Å². The molecule has 4 heteroatoms. The van der Waals surface area contributed by atoms with Crippen LogP contribution in [0.4, 0.5) is 5.82 Å². The monoisotopic (exact) mass is 209 g/mol. The van der Waals surface area contributed by atoms with Crippen molar-refractivity contribution in [3.05, 3.63) is 18.1 Å². The van der Waals surface area contributed by atoms with Crippen LogP contribution in [0.5, 0.6) is 0 Å². The van der Waals surface area contributed by atoms with Gasteiger partial charge in [-0.05, 0) is 13.3 Å². The highest BCUT2D eigenvalue weighted by molar-refractivity contribution is 5.37. The molecule has 1 aromatic heterocycles. The van der Waals surface area contributed by atoms with Crippen molar-refractivity contribution in [3.8, 4) is 0 Å². The van der Waals surface area contributed by atoms with Crippen molar-refractivity contribution in [1.82, 2.24) is 9.97 Å². The molecular weight excluding hydrogens is 190 g/mol. The van der Waals surface area contributed by atoms with Gasteiger partial charge in [-0.1, -0.05) is 13.3 Å². The maximum Gasteiger partial charge on any atom is 0.132 e. The van der Waals surface area contributed by atoms with Crippen LogP contribution in [0.15, 0.2) is 12.4 Å². The minimum Gasteiger partial charge on any atom is -0.392 e. The molecule has 0 fully saturated rings. The molecule has 1 N–H and O–H groups in total. The van der Waals surface area contributed by atoms with E-state index in [1.165, 1.54) is 0 Å². The van der Waals surface area contributed by atoms with Crippen molar-refractivity contribution in [3.63, 3.8) is 0 Å². The smallest absolute Gasteiger partial charge is 0.132 e. The summed E-state index contributed by atoms with van der Waals surface area (Å²) in [6.45, 7) is 4.48. The summed E-state index contributed by atoms with van der Waals surface area (Å²) in [6.07, 6.45) is 3.28. The Balaban J connectivity index is 2.71.